The van der Waals surface area contributed by atoms with E-state index in [0.29, 0.717) is 0 Å². The van der Waals surface area contributed by atoms with Crippen LogP contribution in [0.1, 0.15) is 0 Å². The summed E-state index contributed by atoms with van der Waals surface area (Å²) in [6, 6.07) is 85.7. The summed E-state index contributed by atoms with van der Waals surface area (Å²) in [5, 5.41) is 9.62. The van der Waals surface area contributed by atoms with E-state index in [1.54, 1.807) is 0 Å². The number of anilines is 3. The fourth-order valence-electron chi connectivity index (χ4n) is 10.0. The first-order chi connectivity index (χ1) is 32.2. The van der Waals surface area contributed by atoms with Gasteiger partial charge in [-0.25, -0.2) is 0 Å². The van der Waals surface area contributed by atoms with Crippen molar-refractivity contribution in [3.05, 3.63) is 237 Å². The Morgan fingerprint density at radius 1 is 0.308 bits per heavy atom. The summed E-state index contributed by atoms with van der Waals surface area (Å²) in [6.07, 6.45) is 0. The molecule has 0 unspecified atom stereocenters. The van der Waals surface area contributed by atoms with Gasteiger partial charge in [0.2, 0.25) is 0 Å². The molecule has 0 radical (unpaired) electrons. The minimum absolute atomic E-state index is 0.864. The highest BCUT2D eigenvalue weighted by molar-refractivity contribution is 7.26. The second kappa shape index (κ2) is 15.2. The van der Waals surface area contributed by atoms with Crippen LogP contribution in [-0.4, -0.2) is 0 Å². The summed E-state index contributed by atoms with van der Waals surface area (Å²) in [5.41, 5.74) is 14.5. The van der Waals surface area contributed by atoms with E-state index in [4.69, 9.17) is 4.42 Å². The quantitative estimate of drug-likeness (QED) is 0.149. The van der Waals surface area contributed by atoms with Crippen molar-refractivity contribution in [1.29, 1.82) is 0 Å². The van der Waals surface area contributed by atoms with Gasteiger partial charge >= 0.3 is 0 Å². The maximum atomic E-state index is 6.91. The van der Waals surface area contributed by atoms with Gasteiger partial charge < -0.3 is 9.32 Å². The molecule has 0 saturated carbocycles. The van der Waals surface area contributed by atoms with E-state index >= 15 is 0 Å². The largest absolute Gasteiger partial charge is 0.455 e. The Bertz CT molecular complexity index is 3920. The Morgan fingerprint density at radius 2 is 0.846 bits per heavy atom. The highest BCUT2D eigenvalue weighted by atomic mass is 32.1. The Hall–Kier alpha value is -8.24. The van der Waals surface area contributed by atoms with Crippen molar-refractivity contribution >= 4 is 92.1 Å². The van der Waals surface area contributed by atoms with E-state index in [1.165, 1.54) is 75.1 Å². The first kappa shape index (κ1) is 37.3. The smallest absolute Gasteiger partial charge is 0.145 e. The predicted octanol–water partition coefficient (Wildman–Crippen LogP) is 18.4. The van der Waals surface area contributed by atoms with Crippen molar-refractivity contribution in [3.63, 3.8) is 0 Å². The van der Waals surface area contributed by atoms with Gasteiger partial charge in [-0.3, -0.25) is 0 Å². The molecule has 13 rings (SSSR count). The molecule has 13 aromatic rings. The molecule has 2 nitrogen and oxygen atoms in total. The van der Waals surface area contributed by atoms with E-state index in [9.17, 15) is 0 Å². The lowest BCUT2D eigenvalue weighted by molar-refractivity contribution is 0.670. The zero-order chi connectivity index (χ0) is 42.8. The molecular formula is C62H39NOS. The Kier molecular flexibility index (Phi) is 8.75. The Morgan fingerprint density at radius 3 is 1.58 bits per heavy atom. The molecule has 2 aromatic heterocycles. The predicted molar refractivity (Wildman–Crippen MR) is 278 cm³/mol. The standard InChI is InChI=1S/C62H39NOS/c1-3-14-40(15-4-1)41-28-30-44(31-29-41)48-38-39-57(59-55-20-9-10-27-58(55)64-60(48)59)63(56-26-13-23-51-47-19-8-7-18-43(47)34-37-52(51)56)46-35-32-45(33-36-46)50-22-12-25-54-53-24-11-21-49(61(53)65-62(50)54)42-16-5-2-6-17-42/h1-39H. The molecule has 0 fully saturated rings. The van der Waals surface area contributed by atoms with Crippen LogP contribution in [0, 0.1) is 0 Å². The minimum Gasteiger partial charge on any atom is -0.455 e. The van der Waals surface area contributed by atoms with Crippen molar-refractivity contribution in [2.45, 2.75) is 0 Å². The molecule has 0 N–H and O–H groups in total. The zero-order valence-electron chi connectivity index (χ0n) is 35.3. The van der Waals surface area contributed by atoms with Crippen LogP contribution in [0.2, 0.25) is 0 Å². The number of benzene rings is 11. The zero-order valence-corrected chi connectivity index (χ0v) is 36.1. The van der Waals surface area contributed by atoms with Crippen LogP contribution in [0.15, 0.2) is 241 Å². The third kappa shape index (κ3) is 6.16. The molecule has 0 aliphatic heterocycles. The summed E-state index contributed by atoms with van der Waals surface area (Å²) >= 11 is 1.89. The van der Waals surface area contributed by atoms with Crippen molar-refractivity contribution in [3.8, 4) is 44.5 Å². The van der Waals surface area contributed by atoms with Crippen LogP contribution >= 0.6 is 11.3 Å². The van der Waals surface area contributed by atoms with E-state index in [-0.39, 0.29) is 0 Å². The number of hydrogen-bond donors (Lipinski definition) is 0. The average Bonchev–Trinajstić information content (AvgIpc) is 3.97. The maximum absolute atomic E-state index is 6.91. The summed E-state index contributed by atoms with van der Waals surface area (Å²) < 4.78 is 9.53. The number of nitrogens with zero attached hydrogens (tertiary/aromatic N) is 1. The topological polar surface area (TPSA) is 16.4 Å². The van der Waals surface area contributed by atoms with Crippen molar-refractivity contribution < 1.29 is 4.42 Å². The van der Waals surface area contributed by atoms with Crippen molar-refractivity contribution in [2.75, 3.05) is 4.90 Å². The molecule has 0 atom stereocenters. The molecule has 11 aromatic carbocycles. The fraction of sp³-hybridized carbons (Fsp3) is 0. The van der Waals surface area contributed by atoms with Crippen LogP contribution in [0.25, 0.3) is 108 Å². The van der Waals surface area contributed by atoms with Crippen LogP contribution < -0.4 is 4.90 Å². The molecule has 0 saturated heterocycles. The van der Waals surface area contributed by atoms with Crippen LogP contribution in [-0.2, 0) is 0 Å². The highest BCUT2D eigenvalue weighted by Crippen LogP contribution is 2.49. The number of thiophene rings is 1. The lowest BCUT2D eigenvalue weighted by Crippen LogP contribution is -2.11. The molecule has 0 aliphatic carbocycles. The molecule has 0 amide bonds. The van der Waals surface area contributed by atoms with Gasteiger partial charge in [0, 0.05) is 42.2 Å². The number of hydrogen-bond acceptors (Lipinski definition) is 3. The third-order valence-corrected chi connectivity index (χ3v) is 14.4. The van der Waals surface area contributed by atoms with Gasteiger partial charge in [-0.1, -0.05) is 200 Å². The van der Waals surface area contributed by atoms with E-state index < -0.39 is 0 Å². The van der Waals surface area contributed by atoms with Gasteiger partial charge in [-0.2, -0.15) is 0 Å². The van der Waals surface area contributed by atoms with Crippen LogP contribution in [0.5, 0.6) is 0 Å². The lowest BCUT2D eigenvalue weighted by atomic mass is 9.96. The van der Waals surface area contributed by atoms with Gasteiger partial charge in [0.25, 0.3) is 0 Å². The van der Waals surface area contributed by atoms with Crippen molar-refractivity contribution in [1.82, 2.24) is 0 Å². The Labute approximate surface area is 380 Å². The molecule has 0 spiro atoms. The molecule has 0 bridgehead atoms. The SMILES string of the molecule is c1ccc(-c2ccc(-c3ccc(N(c4ccc(-c5cccc6c5sc5c(-c7ccccc7)cccc56)cc4)c4cccc5c4ccc4ccccc45)c4c3oc3ccccc34)cc2)cc1. The normalized spacial score (nSPS) is 11.7. The van der Waals surface area contributed by atoms with Crippen molar-refractivity contribution in [2.24, 2.45) is 0 Å². The van der Waals surface area contributed by atoms with Gasteiger partial charge in [-0.15, -0.1) is 11.3 Å². The minimum atomic E-state index is 0.864. The number of fused-ring (bicyclic) bond motifs is 9. The van der Waals surface area contributed by atoms with Gasteiger partial charge in [0.1, 0.15) is 11.2 Å². The second-order valence-electron chi connectivity index (χ2n) is 16.8. The van der Waals surface area contributed by atoms with Gasteiger partial charge in [0.05, 0.1) is 16.8 Å². The molecular weight excluding hydrogens is 807 g/mol. The fourth-order valence-corrected chi connectivity index (χ4v) is 11.4. The van der Waals surface area contributed by atoms with Crippen LogP contribution in [0.3, 0.4) is 0 Å². The molecule has 3 heteroatoms. The molecule has 304 valence electrons. The summed E-state index contributed by atoms with van der Waals surface area (Å²) in [5.74, 6) is 0. The first-order valence-corrected chi connectivity index (χ1v) is 23.0. The number of furan rings is 1. The van der Waals surface area contributed by atoms with E-state index in [2.05, 4.69) is 241 Å². The number of para-hydroxylation sites is 1. The highest BCUT2D eigenvalue weighted by Gasteiger charge is 2.24. The van der Waals surface area contributed by atoms with Crippen LogP contribution in [0.4, 0.5) is 17.1 Å². The summed E-state index contributed by atoms with van der Waals surface area (Å²) in [6.45, 7) is 0. The van der Waals surface area contributed by atoms with E-state index in [1.807, 2.05) is 11.3 Å². The third-order valence-electron chi connectivity index (χ3n) is 13.1. The molecule has 0 aliphatic rings. The van der Waals surface area contributed by atoms with Gasteiger partial charge in [-0.05, 0) is 91.5 Å². The number of rotatable bonds is 7. The van der Waals surface area contributed by atoms with Gasteiger partial charge in [0.15, 0.2) is 0 Å². The second-order valence-corrected chi connectivity index (χ2v) is 17.8. The summed E-state index contributed by atoms with van der Waals surface area (Å²) in [7, 11) is 0. The first-order valence-electron chi connectivity index (χ1n) is 22.2. The van der Waals surface area contributed by atoms with E-state index in [0.717, 1.165) is 50.1 Å². The molecule has 2 heterocycles. The lowest BCUT2D eigenvalue weighted by Gasteiger charge is -2.28. The Balaban J connectivity index is 1.01. The summed E-state index contributed by atoms with van der Waals surface area (Å²) in [4.78, 5) is 2.44. The molecule has 65 heavy (non-hydrogen) atoms. The maximum Gasteiger partial charge on any atom is 0.145 e. The monoisotopic (exact) mass is 845 g/mol. The average molecular weight is 846 g/mol.